The average Bonchev–Trinajstić information content (AvgIpc) is 2.69. The van der Waals surface area contributed by atoms with Crippen molar-refractivity contribution in [2.45, 2.75) is 19.3 Å². The van der Waals surface area contributed by atoms with E-state index in [4.69, 9.17) is 0 Å². The van der Waals surface area contributed by atoms with Crippen LogP contribution in [0.1, 0.15) is 17.5 Å². The maximum Gasteiger partial charge on any atom is 0.0673 e. The molecule has 1 nitrogen and oxygen atoms in total. The van der Waals surface area contributed by atoms with Gasteiger partial charge in [-0.1, -0.05) is 18.2 Å². The fraction of sp³-hybridized carbons (Fsp3) is 0.200. The summed E-state index contributed by atoms with van der Waals surface area (Å²) in [5.74, 6) is 0. The van der Waals surface area contributed by atoms with Crippen LogP contribution in [0.5, 0.6) is 0 Å². The molecule has 0 radical (unpaired) electrons. The average molecular weight is 286 g/mol. The Labute approximate surface area is 108 Å². The monoisotopic (exact) mass is 285 g/mol. The number of aromatic nitrogens is 1. The molecule has 0 unspecified atom stereocenters. The summed E-state index contributed by atoms with van der Waals surface area (Å²) < 4.78 is 3.54. The van der Waals surface area contributed by atoms with Crippen LogP contribution in [0, 0.1) is 0 Å². The molecule has 0 amide bonds. The van der Waals surface area contributed by atoms with E-state index in [0.29, 0.717) is 0 Å². The number of fused-ring (bicyclic) bond motifs is 3. The Bertz CT molecular complexity index is 739. The lowest BCUT2D eigenvalue weighted by Crippen LogP contribution is -2.00. The normalized spacial score (nSPS) is 14.6. The van der Waals surface area contributed by atoms with Crippen LogP contribution in [0.25, 0.3) is 16.4 Å². The van der Waals surface area contributed by atoms with Gasteiger partial charge in [-0.15, -0.1) is 0 Å². The third kappa shape index (κ3) is 1.19. The number of aryl methyl sites for hydroxylation is 2. The SMILES string of the molecule is Brc1cccc2c3c4c(cccn4c12)CCC3. The Kier molecular flexibility index (Phi) is 1.92. The highest BCUT2D eigenvalue weighted by molar-refractivity contribution is 9.10. The molecule has 3 aromatic rings. The van der Waals surface area contributed by atoms with Gasteiger partial charge in [-0.05, 0) is 58.5 Å². The van der Waals surface area contributed by atoms with Gasteiger partial charge < -0.3 is 4.40 Å². The molecule has 0 spiro atoms. The van der Waals surface area contributed by atoms with Crippen LogP contribution in [0.15, 0.2) is 41.0 Å². The van der Waals surface area contributed by atoms with E-state index < -0.39 is 0 Å². The molecule has 0 atom stereocenters. The molecule has 0 bridgehead atoms. The molecule has 4 rings (SSSR count). The highest BCUT2D eigenvalue weighted by atomic mass is 79.9. The predicted molar refractivity (Wildman–Crippen MR) is 74.6 cm³/mol. The van der Waals surface area contributed by atoms with Gasteiger partial charge in [0.05, 0.1) is 11.0 Å². The smallest absolute Gasteiger partial charge is 0.0673 e. The second-order valence-corrected chi connectivity index (χ2v) is 5.57. The first-order chi connectivity index (χ1) is 8.36. The minimum Gasteiger partial charge on any atom is -0.315 e. The molecule has 0 aliphatic heterocycles. The number of benzene rings is 1. The summed E-state index contributed by atoms with van der Waals surface area (Å²) in [6.07, 6.45) is 5.88. The van der Waals surface area contributed by atoms with Gasteiger partial charge in [-0.25, -0.2) is 0 Å². The standard InChI is InChI=1S/C15H12BrN/c16-13-8-2-7-12-11-6-1-4-10-5-3-9-17(14(10)11)15(12)13/h2-3,5,7-9H,1,4,6H2. The van der Waals surface area contributed by atoms with Crippen molar-refractivity contribution in [2.75, 3.05) is 0 Å². The number of para-hydroxylation sites is 1. The largest absolute Gasteiger partial charge is 0.315 e. The van der Waals surface area contributed by atoms with Crippen molar-refractivity contribution in [2.24, 2.45) is 0 Å². The highest BCUT2D eigenvalue weighted by Crippen LogP contribution is 2.36. The lowest BCUT2D eigenvalue weighted by molar-refractivity contribution is 0.806. The quantitative estimate of drug-likeness (QED) is 0.579. The molecule has 0 saturated carbocycles. The molecule has 2 heteroatoms. The van der Waals surface area contributed by atoms with Gasteiger partial charge in [0.2, 0.25) is 0 Å². The van der Waals surface area contributed by atoms with Crippen molar-refractivity contribution in [3.63, 3.8) is 0 Å². The van der Waals surface area contributed by atoms with E-state index in [1.54, 1.807) is 0 Å². The molecule has 1 aliphatic rings. The molecule has 0 saturated heterocycles. The summed E-state index contributed by atoms with van der Waals surface area (Å²) in [5.41, 5.74) is 5.79. The van der Waals surface area contributed by atoms with Gasteiger partial charge in [0.25, 0.3) is 0 Å². The van der Waals surface area contributed by atoms with E-state index >= 15 is 0 Å². The van der Waals surface area contributed by atoms with E-state index in [1.165, 1.54) is 51.3 Å². The zero-order valence-corrected chi connectivity index (χ0v) is 11.0. The fourth-order valence-corrected chi connectivity index (χ4v) is 3.68. The van der Waals surface area contributed by atoms with E-state index in [2.05, 4.69) is 56.9 Å². The molecule has 2 heterocycles. The highest BCUT2D eigenvalue weighted by Gasteiger charge is 2.19. The molecule has 1 aliphatic carbocycles. The van der Waals surface area contributed by atoms with Crippen molar-refractivity contribution in [3.05, 3.63) is 52.1 Å². The second kappa shape index (κ2) is 3.36. The Morgan fingerprint density at radius 1 is 1.00 bits per heavy atom. The van der Waals surface area contributed by atoms with Gasteiger partial charge >= 0.3 is 0 Å². The van der Waals surface area contributed by atoms with Crippen LogP contribution in [0.2, 0.25) is 0 Å². The summed E-state index contributed by atoms with van der Waals surface area (Å²) in [5, 5.41) is 1.41. The maximum atomic E-state index is 3.68. The van der Waals surface area contributed by atoms with Crippen LogP contribution < -0.4 is 0 Å². The number of halogens is 1. The summed E-state index contributed by atoms with van der Waals surface area (Å²) in [4.78, 5) is 0. The second-order valence-electron chi connectivity index (χ2n) is 4.72. The maximum absolute atomic E-state index is 3.68. The molecule has 0 fully saturated rings. The van der Waals surface area contributed by atoms with Crippen LogP contribution in [-0.4, -0.2) is 4.40 Å². The molecule has 2 aromatic heterocycles. The molecule has 1 aromatic carbocycles. The lowest BCUT2D eigenvalue weighted by Gasteiger charge is -2.12. The van der Waals surface area contributed by atoms with Crippen LogP contribution in [0.4, 0.5) is 0 Å². The lowest BCUT2D eigenvalue weighted by atomic mass is 9.95. The number of nitrogens with zero attached hydrogens (tertiary/aromatic N) is 1. The molecule has 84 valence electrons. The van der Waals surface area contributed by atoms with E-state index in [1.807, 2.05) is 0 Å². The first-order valence-electron chi connectivity index (χ1n) is 6.05. The molecular formula is C15H12BrN. The zero-order valence-electron chi connectivity index (χ0n) is 9.41. The number of hydrogen-bond acceptors (Lipinski definition) is 0. The van der Waals surface area contributed by atoms with Crippen LogP contribution >= 0.6 is 15.9 Å². The van der Waals surface area contributed by atoms with Crippen LogP contribution in [0.3, 0.4) is 0 Å². The van der Waals surface area contributed by atoms with Gasteiger partial charge in [-0.3, -0.25) is 0 Å². The van der Waals surface area contributed by atoms with Gasteiger partial charge in [-0.2, -0.15) is 0 Å². The van der Waals surface area contributed by atoms with Crippen LogP contribution in [-0.2, 0) is 12.8 Å². The van der Waals surface area contributed by atoms with E-state index in [9.17, 15) is 0 Å². The first kappa shape index (κ1) is 9.72. The van der Waals surface area contributed by atoms with Gasteiger partial charge in [0.15, 0.2) is 0 Å². The number of hydrogen-bond donors (Lipinski definition) is 0. The minimum absolute atomic E-state index is 1.19. The minimum atomic E-state index is 1.19. The van der Waals surface area contributed by atoms with E-state index in [0.717, 1.165) is 0 Å². The van der Waals surface area contributed by atoms with Crippen molar-refractivity contribution in [1.82, 2.24) is 4.40 Å². The Morgan fingerprint density at radius 2 is 1.94 bits per heavy atom. The summed E-state index contributed by atoms with van der Waals surface area (Å²) in [6.45, 7) is 0. The van der Waals surface area contributed by atoms with Crippen molar-refractivity contribution in [1.29, 1.82) is 0 Å². The molecular weight excluding hydrogens is 274 g/mol. The van der Waals surface area contributed by atoms with Gasteiger partial charge in [0, 0.05) is 16.1 Å². The summed E-state index contributed by atoms with van der Waals surface area (Å²) in [7, 11) is 0. The zero-order chi connectivity index (χ0) is 11.4. The molecule has 0 N–H and O–H groups in total. The van der Waals surface area contributed by atoms with Crippen molar-refractivity contribution in [3.8, 4) is 0 Å². The topological polar surface area (TPSA) is 4.41 Å². The third-order valence-corrected chi connectivity index (χ3v) is 4.43. The number of rotatable bonds is 0. The van der Waals surface area contributed by atoms with E-state index in [-0.39, 0.29) is 0 Å². The summed E-state index contributed by atoms with van der Waals surface area (Å²) in [6, 6.07) is 10.9. The molecule has 17 heavy (non-hydrogen) atoms. The number of pyridine rings is 1. The summed E-state index contributed by atoms with van der Waals surface area (Å²) >= 11 is 3.68. The first-order valence-corrected chi connectivity index (χ1v) is 6.84. The van der Waals surface area contributed by atoms with Crippen molar-refractivity contribution < 1.29 is 0 Å². The third-order valence-electron chi connectivity index (χ3n) is 3.79. The van der Waals surface area contributed by atoms with Crippen molar-refractivity contribution >= 4 is 32.3 Å². The Morgan fingerprint density at radius 3 is 2.88 bits per heavy atom. The fourth-order valence-electron chi connectivity index (χ4n) is 3.12. The Hall–Kier alpha value is -1.28. The predicted octanol–water partition coefficient (Wildman–Crippen LogP) is 4.34. The Balaban J connectivity index is 2.36. The van der Waals surface area contributed by atoms with Gasteiger partial charge in [0.1, 0.15) is 0 Å².